The van der Waals surface area contributed by atoms with Crippen molar-refractivity contribution in [3.63, 3.8) is 0 Å². The van der Waals surface area contributed by atoms with Crippen LogP contribution in [0.1, 0.15) is 37.7 Å². The largest absolute Gasteiger partial charge is 0.339 e. The number of H-pyrrole nitrogens is 1. The Bertz CT molecular complexity index is 487. The van der Waals surface area contributed by atoms with Crippen molar-refractivity contribution in [3.8, 4) is 0 Å². The summed E-state index contributed by atoms with van der Waals surface area (Å²) in [4.78, 5) is 11.9. The fraction of sp³-hybridized carbons (Fsp3) is 0.500. The molecule has 4 nitrogen and oxygen atoms in total. The minimum Gasteiger partial charge on any atom is -0.339 e. The third-order valence-corrected chi connectivity index (χ3v) is 2.57. The van der Waals surface area contributed by atoms with Crippen molar-refractivity contribution in [2.75, 3.05) is 0 Å². The molecule has 2 rings (SSSR count). The van der Waals surface area contributed by atoms with Crippen LogP contribution in [0.3, 0.4) is 0 Å². The minimum atomic E-state index is -0.0329. The number of aromatic nitrogens is 3. The molecular formula is C12H18N4. The van der Waals surface area contributed by atoms with Gasteiger partial charge in [-0.15, -0.1) is 0 Å². The number of rotatable bonds is 3. The summed E-state index contributed by atoms with van der Waals surface area (Å²) in [7, 11) is 0. The van der Waals surface area contributed by atoms with Gasteiger partial charge in [-0.05, 0) is 30.9 Å². The monoisotopic (exact) mass is 218 g/mol. The molecule has 0 amide bonds. The molecule has 0 aliphatic rings. The Morgan fingerprint density at radius 1 is 1.44 bits per heavy atom. The number of fused-ring (bicyclic) bond motifs is 1. The second kappa shape index (κ2) is 4.22. The van der Waals surface area contributed by atoms with Gasteiger partial charge in [-0.3, -0.25) is 0 Å². The van der Waals surface area contributed by atoms with Crippen LogP contribution in [0.4, 0.5) is 0 Å². The number of pyridine rings is 1. The molecule has 2 aromatic rings. The van der Waals surface area contributed by atoms with Crippen molar-refractivity contribution < 1.29 is 0 Å². The highest BCUT2D eigenvalue weighted by molar-refractivity contribution is 5.71. The fourth-order valence-electron chi connectivity index (χ4n) is 1.82. The summed E-state index contributed by atoms with van der Waals surface area (Å²) >= 11 is 0. The van der Waals surface area contributed by atoms with E-state index in [-0.39, 0.29) is 6.04 Å². The predicted octanol–water partition coefficient (Wildman–Crippen LogP) is 2.31. The normalized spacial score (nSPS) is 13.6. The van der Waals surface area contributed by atoms with Crippen molar-refractivity contribution in [1.29, 1.82) is 0 Å². The molecule has 4 heteroatoms. The van der Waals surface area contributed by atoms with Gasteiger partial charge in [0.1, 0.15) is 5.82 Å². The van der Waals surface area contributed by atoms with Gasteiger partial charge in [0.2, 0.25) is 0 Å². The van der Waals surface area contributed by atoms with Crippen LogP contribution >= 0.6 is 0 Å². The highest BCUT2D eigenvalue weighted by Gasteiger charge is 2.13. The van der Waals surface area contributed by atoms with E-state index in [9.17, 15) is 0 Å². The van der Waals surface area contributed by atoms with Crippen LogP contribution in [-0.4, -0.2) is 15.0 Å². The number of hydrogen-bond acceptors (Lipinski definition) is 3. The first-order chi connectivity index (χ1) is 7.56. The molecule has 0 fully saturated rings. The lowest BCUT2D eigenvalue weighted by Crippen LogP contribution is -2.14. The molecule has 1 unspecified atom stereocenters. The molecule has 2 heterocycles. The Balaban J connectivity index is 2.32. The van der Waals surface area contributed by atoms with Gasteiger partial charge in [-0.25, -0.2) is 9.97 Å². The molecule has 0 bridgehead atoms. The summed E-state index contributed by atoms with van der Waals surface area (Å²) in [5.74, 6) is 1.40. The number of aryl methyl sites for hydroxylation is 1. The average molecular weight is 218 g/mol. The quantitative estimate of drug-likeness (QED) is 0.830. The molecule has 1 atom stereocenters. The zero-order valence-electron chi connectivity index (χ0n) is 9.99. The number of imidazole rings is 1. The molecule has 0 saturated heterocycles. The second-order valence-corrected chi connectivity index (χ2v) is 4.74. The van der Waals surface area contributed by atoms with Crippen molar-refractivity contribution in [2.45, 2.75) is 33.2 Å². The molecule has 0 saturated carbocycles. The molecule has 0 aliphatic carbocycles. The van der Waals surface area contributed by atoms with E-state index in [1.54, 1.807) is 0 Å². The van der Waals surface area contributed by atoms with E-state index in [0.717, 1.165) is 29.0 Å². The van der Waals surface area contributed by atoms with Gasteiger partial charge in [0.25, 0.3) is 0 Å². The highest BCUT2D eigenvalue weighted by Crippen LogP contribution is 2.19. The van der Waals surface area contributed by atoms with Crippen LogP contribution in [0.15, 0.2) is 12.3 Å². The van der Waals surface area contributed by atoms with Crippen LogP contribution < -0.4 is 5.73 Å². The lowest BCUT2D eigenvalue weighted by atomic mass is 10.0. The highest BCUT2D eigenvalue weighted by atomic mass is 15.0. The SMILES string of the molecule is Cc1cnc2nc(C(N)CC(C)C)[nH]c2c1. The smallest absolute Gasteiger partial charge is 0.177 e. The summed E-state index contributed by atoms with van der Waals surface area (Å²) in [5, 5.41) is 0. The Morgan fingerprint density at radius 2 is 2.19 bits per heavy atom. The molecule has 0 radical (unpaired) electrons. The third-order valence-electron chi connectivity index (χ3n) is 2.57. The third kappa shape index (κ3) is 2.22. The van der Waals surface area contributed by atoms with Crippen LogP contribution in [-0.2, 0) is 0 Å². The Hall–Kier alpha value is -1.42. The van der Waals surface area contributed by atoms with Crippen LogP contribution in [0.25, 0.3) is 11.2 Å². The lowest BCUT2D eigenvalue weighted by molar-refractivity contribution is 0.496. The maximum absolute atomic E-state index is 6.08. The first-order valence-electron chi connectivity index (χ1n) is 5.64. The standard InChI is InChI=1S/C12H18N4/c1-7(2)4-9(13)11-15-10-5-8(3)6-14-12(10)16-11/h5-7,9H,4,13H2,1-3H3,(H,14,15,16). The molecule has 86 valence electrons. The lowest BCUT2D eigenvalue weighted by Gasteiger charge is -2.10. The Morgan fingerprint density at radius 3 is 2.88 bits per heavy atom. The van der Waals surface area contributed by atoms with E-state index in [0.29, 0.717) is 5.92 Å². The van der Waals surface area contributed by atoms with E-state index in [1.165, 1.54) is 0 Å². The van der Waals surface area contributed by atoms with Crippen LogP contribution in [0.5, 0.6) is 0 Å². The number of nitrogens with one attached hydrogen (secondary N) is 1. The molecule has 2 aromatic heterocycles. The summed E-state index contributed by atoms with van der Waals surface area (Å²) in [6, 6.07) is 2.01. The molecule has 0 spiro atoms. The summed E-state index contributed by atoms with van der Waals surface area (Å²) < 4.78 is 0. The zero-order valence-corrected chi connectivity index (χ0v) is 9.99. The van der Waals surface area contributed by atoms with Gasteiger partial charge in [0.05, 0.1) is 11.6 Å². The first-order valence-corrected chi connectivity index (χ1v) is 5.64. The summed E-state index contributed by atoms with van der Waals surface area (Å²) in [6.07, 6.45) is 2.75. The minimum absolute atomic E-state index is 0.0329. The van der Waals surface area contributed by atoms with Gasteiger partial charge < -0.3 is 10.7 Å². The van der Waals surface area contributed by atoms with E-state index in [4.69, 9.17) is 5.73 Å². The average Bonchev–Trinajstić information content (AvgIpc) is 2.59. The van der Waals surface area contributed by atoms with Crippen molar-refractivity contribution in [3.05, 3.63) is 23.7 Å². The van der Waals surface area contributed by atoms with Gasteiger partial charge in [0, 0.05) is 6.20 Å². The molecule has 16 heavy (non-hydrogen) atoms. The molecular weight excluding hydrogens is 200 g/mol. The summed E-state index contributed by atoms with van der Waals surface area (Å²) in [5.41, 5.74) is 8.92. The Labute approximate surface area is 95.3 Å². The maximum atomic E-state index is 6.08. The van der Waals surface area contributed by atoms with Crippen molar-refractivity contribution in [1.82, 2.24) is 15.0 Å². The zero-order chi connectivity index (χ0) is 11.7. The summed E-state index contributed by atoms with van der Waals surface area (Å²) in [6.45, 7) is 6.33. The van der Waals surface area contributed by atoms with Crippen LogP contribution in [0, 0.1) is 12.8 Å². The number of nitrogens with zero attached hydrogens (tertiary/aromatic N) is 2. The van der Waals surface area contributed by atoms with Gasteiger partial charge in [0.15, 0.2) is 5.65 Å². The van der Waals surface area contributed by atoms with E-state index in [1.807, 2.05) is 19.2 Å². The maximum Gasteiger partial charge on any atom is 0.177 e. The fourth-order valence-corrected chi connectivity index (χ4v) is 1.82. The molecule has 3 N–H and O–H groups in total. The topological polar surface area (TPSA) is 67.6 Å². The molecule has 0 aromatic carbocycles. The van der Waals surface area contributed by atoms with Crippen LogP contribution in [0.2, 0.25) is 0 Å². The van der Waals surface area contributed by atoms with Gasteiger partial charge in [-0.1, -0.05) is 13.8 Å². The van der Waals surface area contributed by atoms with E-state index in [2.05, 4.69) is 28.8 Å². The van der Waals surface area contributed by atoms with E-state index >= 15 is 0 Å². The number of aromatic amines is 1. The van der Waals surface area contributed by atoms with Crippen molar-refractivity contribution >= 4 is 11.2 Å². The molecule has 0 aliphatic heterocycles. The number of nitrogens with two attached hydrogens (primary N) is 1. The van der Waals surface area contributed by atoms with Gasteiger partial charge >= 0.3 is 0 Å². The van der Waals surface area contributed by atoms with E-state index < -0.39 is 0 Å². The van der Waals surface area contributed by atoms with Crippen molar-refractivity contribution in [2.24, 2.45) is 11.7 Å². The Kier molecular flexibility index (Phi) is 2.92. The second-order valence-electron chi connectivity index (χ2n) is 4.74. The van der Waals surface area contributed by atoms with Gasteiger partial charge in [-0.2, -0.15) is 0 Å². The number of hydrogen-bond donors (Lipinski definition) is 2. The predicted molar refractivity (Wildman–Crippen MR) is 65.0 cm³/mol. The first kappa shape index (κ1) is 11.1.